The van der Waals surface area contributed by atoms with Gasteiger partial charge in [0.05, 0.1) is 27.1 Å². The van der Waals surface area contributed by atoms with E-state index in [1.54, 1.807) is 31.4 Å². The van der Waals surface area contributed by atoms with Gasteiger partial charge in [-0.1, -0.05) is 0 Å². The minimum atomic E-state index is -0.941. The lowest BCUT2D eigenvalue weighted by atomic mass is 9.88. The Balaban J connectivity index is 2.28. The Hall–Kier alpha value is -2.30. The molecule has 0 aliphatic carbocycles. The predicted octanol–water partition coefficient (Wildman–Crippen LogP) is 2.36. The third-order valence-electron chi connectivity index (χ3n) is 3.41. The molecule has 5 nitrogen and oxygen atoms in total. The molecule has 1 unspecified atom stereocenters. The third kappa shape index (κ3) is 3.42. The third-order valence-corrected chi connectivity index (χ3v) is 3.41. The molecule has 21 heavy (non-hydrogen) atoms. The number of methoxy groups -OCH3 is 2. The molecule has 0 spiro atoms. The quantitative estimate of drug-likeness (QED) is 0.473. The first-order chi connectivity index (χ1) is 10.2. The summed E-state index contributed by atoms with van der Waals surface area (Å²) >= 11 is 0. The summed E-state index contributed by atoms with van der Waals surface area (Å²) in [7, 11) is 2.83. The highest BCUT2D eigenvalue weighted by Crippen LogP contribution is 2.26. The van der Waals surface area contributed by atoms with Crippen LogP contribution in [0.1, 0.15) is 23.2 Å². The van der Waals surface area contributed by atoms with Crippen molar-refractivity contribution in [1.29, 1.82) is 0 Å². The van der Waals surface area contributed by atoms with Gasteiger partial charge in [-0.25, -0.2) is 0 Å². The lowest BCUT2D eigenvalue weighted by Gasteiger charge is -2.20. The van der Waals surface area contributed by atoms with Crippen LogP contribution in [0.25, 0.3) is 0 Å². The number of ether oxygens (including phenoxy) is 3. The first-order valence-electron chi connectivity index (χ1n) is 6.74. The Bertz CT molecular complexity index is 544. The van der Waals surface area contributed by atoms with E-state index < -0.39 is 11.9 Å². The van der Waals surface area contributed by atoms with E-state index in [-0.39, 0.29) is 5.78 Å². The number of rotatable bonds is 5. The van der Waals surface area contributed by atoms with E-state index in [4.69, 9.17) is 14.2 Å². The molecule has 0 saturated heterocycles. The van der Waals surface area contributed by atoms with Gasteiger partial charge in [0.2, 0.25) is 0 Å². The molecule has 112 valence electrons. The Labute approximate surface area is 123 Å². The monoisotopic (exact) mass is 290 g/mol. The standard InChI is InChI=1S/C16H18O5/c1-19-13-7-5-11(6-8-13)15(17)14(16(18)20-2)12-4-3-9-21-10-12/h5-8,10,14H,3-4,9H2,1-2H3. The molecular formula is C16H18O5. The summed E-state index contributed by atoms with van der Waals surface area (Å²) in [6.07, 6.45) is 2.95. The summed E-state index contributed by atoms with van der Waals surface area (Å²) in [6.45, 7) is 0.605. The molecule has 1 atom stereocenters. The molecule has 0 radical (unpaired) electrons. The summed E-state index contributed by atoms with van der Waals surface area (Å²) in [5.41, 5.74) is 1.10. The van der Waals surface area contributed by atoms with Gasteiger partial charge < -0.3 is 14.2 Å². The maximum atomic E-state index is 12.6. The first kappa shape index (κ1) is 15.1. The highest BCUT2D eigenvalue weighted by molar-refractivity contribution is 6.10. The molecule has 0 fully saturated rings. The Morgan fingerprint density at radius 3 is 2.43 bits per heavy atom. The van der Waals surface area contributed by atoms with Crippen molar-refractivity contribution >= 4 is 11.8 Å². The molecule has 5 heteroatoms. The summed E-state index contributed by atoms with van der Waals surface area (Å²) < 4.78 is 15.1. The number of ketones is 1. The summed E-state index contributed by atoms with van der Waals surface area (Å²) in [6, 6.07) is 6.66. The SMILES string of the molecule is COC(=O)C(C(=O)c1ccc(OC)cc1)C1=COCCC1. The lowest BCUT2D eigenvalue weighted by Crippen LogP contribution is -2.28. The first-order valence-corrected chi connectivity index (χ1v) is 6.74. The molecular weight excluding hydrogens is 272 g/mol. The van der Waals surface area contributed by atoms with Crippen molar-refractivity contribution in [2.75, 3.05) is 20.8 Å². The van der Waals surface area contributed by atoms with Gasteiger partial charge in [-0.3, -0.25) is 9.59 Å². The predicted molar refractivity (Wildman–Crippen MR) is 76.1 cm³/mol. The maximum absolute atomic E-state index is 12.6. The van der Waals surface area contributed by atoms with Crippen LogP contribution in [0, 0.1) is 5.92 Å². The Morgan fingerprint density at radius 1 is 1.19 bits per heavy atom. The molecule has 1 aliphatic heterocycles. The second kappa shape index (κ2) is 6.92. The van der Waals surface area contributed by atoms with Crippen LogP contribution in [0.2, 0.25) is 0 Å². The van der Waals surface area contributed by atoms with Crippen molar-refractivity contribution in [3.8, 4) is 5.75 Å². The molecule has 0 amide bonds. The molecule has 1 aromatic carbocycles. The van der Waals surface area contributed by atoms with Crippen molar-refractivity contribution in [3.63, 3.8) is 0 Å². The zero-order chi connectivity index (χ0) is 15.2. The fourth-order valence-corrected chi connectivity index (χ4v) is 2.26. The molecule has 0 N–H and O–H groups in total. The molecule has 0 aromatic heterocycles. The molecule has 1 heterocycles. The van der Waals surface area contributed by atoms with Crippen molar-refractivity contribution in [2.45, 2.75) is 12.8 Å². The smallest absolute Gasteiger partial charge is 0.320 e. The number of Topliss-reactive ketones (excluding diaryl/α,β-unsaturated/α-hetero) is 1. The number of hydrogen-bond donors (Lipinski definition) is 0. The van der Waals surface area contributed by atoms with Crippen LogP contribution in [0.4, 0.5) is 0 Å². The summed E-state index contributed by atoms with van der Waals surface area (Å²) in [5.74, 6) is -1.14. The number of hydrogen-bond acceptors (Lipinski definition) is 5. The zero-order valence-corrected chi connectivity index (χ0v) is 12.1. The van der Waals surface area contributed by atoms with Gasteiger partial charge in [0.1, 0.15) is 11.7 Å². The van der Waals surface area contributed by atoms with E-state index in [1.165, 1.54) is 13.4 Å². The fraction of sp³-hybridized carbons (Fsp3) is 0.375. The molecule has 1 aromatic rings. The number of benzene rings is 1. The van der Waals surface area contributed by atoms with E-state index in [9.17, 15) is 9.59 Å². The lowest BCUT2D eigenvalue weighted by molar-refractivity contribution is -0.142. The normalized spacial score (nSPS) is 15.4. The van der Waals surface area contributed by atoms with E-state index >= 15 is 0 Å². The minimum Gasteiger partial charge on any atom is -0.501 e. The van der Waals surface area contributed by atoms with Gasteiger partial charge in [-0.05, 0) is 42.7 Å². The van der Waals surface area contributed by atoms with Crippen molar-refractivity contribution < 1.29 is 23.8 Å². The van der Waals surface area contributed by atoms with Gasteiger partial charge in [-0.15, -0.1) is 0 Å². The van der Waals surface area contributed by atoms with Gasteiger partial charge in [0.15, 0.2) is 5.78 Å². The summed E-state index contributed by atoms with van der Waals surface area (Å²) in [5, 5.41) is 0. The second-order valence-corrected chi connectivity index (χ2v) is 4.72. The Morgan fingerprint density at radius 2 is 1.90 bits per heavy atom. The Kier molecular flexibility index (Phi) is 4.98. The summed E-state index contributed by atoms with van der Waals surface area (Å²) in [4.78, 5) is 24.6. The van der Waals surface area contributed by atoms with Crippen LogP contribution in [-0.4, -0.2) is 32.6 Å². The van der Waals surface area contributed by atoms with Crippen LogP contribution < -0.4 is 4.74 Å². The maximum Gasteiger partial charge on any atom is 0.320 e. The van der Waals surface area contributed by atoms with Crippen molar-refractivity contribution in [1.82, 2.24) is 0 Å². The van der Waals surface area contributed by atoms with Crippen LogP contribution >= 0.6 is 0 Å². The number of carbonyl (C=O) groups is 2. The van der Waals surface area contributed by atoms with Crippen LogP contribution in [0.15, 0.2) is 36.1 Å². The van der Waals surface area contributed by atoms with E-state index in [1.807, 2.05) is 0 Å². The van der Waals surface area contributed by atoms with Crippen molar-refractivity contribution in [3.05, 3.63) is 41.7 Å². The second-order valence-electron chi connectivity index (χ2n) is 4.72. The number of esters is 1. The van der Waals surface area contributed by atoms with Crippen LogP contribution in [0.3, 0.4) is 0 Å². The van der Waals surface area contributed by atoms with Gasteiger partial charge >= 0.3 is 5.97 Å². The van der Waals surface area contributed by atoms with Crippen LogP contribution in [0.5, 0.6) is 5.75 Å². The minimum absolute atomic E-state index is 0.291. The zero-order valence-electron chi connectivity index (χ0n) is 12.1. The number of carbonyl (C=O) groups excluding carboxylic acids is 2. The van der Waals surface area contributed by atoms with Crippen molar-refractivity contribution in [2.24, 2.45) is 5.92 Å². The van der Waals surface area contributed by atoms with E-state index in [0.717, 1.165) is 6.42 Å². The molecule has 1 aliphatic rings. The van der Waals surface area contributed by atoms with Gasteiger partial charge in [-0.2, -0.15) is 0 Å². The van der Waals surface area contributed by atoms with Gasteiger partial charge in [0.25, 0.3) is 0 Å². The highest BCUT2D eigenvalue weighted by atomic mass is 16.5. The van der Waals surface area contributed by atoms with E-state index in [0.29, 0.717) is 29.9 Å². The largest absolute Gasteiger partial charge is 0.501 e. The molecule has 0 saturated carbocycles. The average molecular weight is 290 g/mol. The van der Waals surface area contributed by atoms with Gasteiger partial charge in [0, 0.05) is 5.56 Å². The molecule has 2 rings (SSSR count). The fourth-order valence-electron chi connectivity index (χ4n) is 2.26. The van der Waals surface area contributed by atoms with Crippen LogP contribution in [-0.2, 0) is 14.3 Å². The average Bonchev–Trinajstić information content (AvgIpc) is 2.55. The topological polar surface area (TPSA) is 61.8 Å². The van der Waals surface area contributed by atoms with E-state index in [2.05, 4.69) is 0 Å². The highest BCUT2D eigenvalue weighted by Gasteiger charge is 2.33. The molecule has 0 bridgehead atoms.